The van der Waals surface area contributed by atoms with Crippen molar-refractivity contribution in [1.29, 1.82) is 0 Å². The molecule has 69 heavy (non-hydrogen) atoms. The molecule has 0 amide bonds. The Labute approximate surface area is 405 Å². The zero-order valence-corrected chi connectivity index (χ0v) is 39.5. The highest BCUT2D eigenvalue weighted by Gasteiger charge is 2.44. The first kappa shape index (κ1) is 47.6. The van der Waals surface area contributed by atoms with Gasteiger partial charge in [-0.3, -0.25) is 0 Å². The third-order valence-electron chi connectivity index (χ3n) is 12.7. The van der Waals surface area contributed by atoms with E-state index >= 15 is 0 Å². The maximum absolute atomic E-state index is 9.84. The van der Waals surface area contributed by atoms with E-state index in [1.54, 1.807) is 48.5 Å². The van der Waals surface area contributed by atoms with Gasteiger partial charge in [0.15, 0.2) is 0 Å². The van der Waals surface area contributed by atoms with Crippen LogP contribution in [0.25, 0.3) is 0 Å². The number of aromatic hydroxyl groups is 4. The van der Waals surface area contributed by atoms with Crippen molar-refractivity contribution in [2.75, 3.05) is 0 Å². The molecule has 4 unspecified atom stereocenters. The highest BCUT2D eigenvalue weighted by Crippen LogP contribution is 2.34. The molecule has 8 aromatic rings. The van der Waals surface area contributed by atoms with Gasteiger partial charge in [-0.2, -0.15) is 0 Å². The van der Waals surface area contributed by atoms with E-state index in [-0.39, 0.29) is 46.7 Å². The lowest BCUT2D eigenvalue weighted by molar-refractivity contribution is -0.367. The van der Waals surface area contributed by atoms with Gasteiger partial charge in [0, 0.05) is 0 Å². The van der Waals surface area contributed by atoms with Crippen LogP contribution in [0.3, 0.4) is 0 Å². The van der Waals surface area contributed by atoms with E-state index in [4.69, 9.17) is 18.9 Å². The molecule has 0 aliphatic heterocycles. The second-order valence-corrected chi connectivity index (χ2v) is 18.3. The van der Waals surface area contributed by atoms with E-state index in [9.17, 15) is 20.4 Å². The predicted octanol–water partition coefficient (Wildman–Crippen LogP) is 14.1. The van der Waals surface area contributed by atoms with E-state index in [1.807, 2.05) is 146 Å². The minimum atomic E-state index is -2.16. The highest BCUT2D eigenvalue weighted by molar-refractivity contribution is 5.38. The number of phenols is 4. The molecule has 4 N–H and O–H groups in total. The number of rotatable bonds is 20. The fourth-order valence-corrected chi connectivity index (χ4v) is 8.57. The average Bonchev–Trinajstić information content (AvgIpc) is 3.35. The van der Waals surface area contributed by atoms with Crippen LogP contribution in [0.1, 0.15) is 95.9 Å². The number of hydrogen-bond acceptors (Lipinski definition) is 8. The summed E-state index contributed by atoms with van der Waals surface area (Å²) < 4.78 is 27.2. The summed E-state index contributed by atoms with van der Waals surface area (Å²) in [7, 11) is 0. The molecule has 8 rings (SSSR count). The van der Waals surface area contributed by atoms with Crippen molar-refractivity contribution in [1.82, 2.24) is 0 Å². The van der Waals surface area contributed by atoms with Crippen molar-refractivity contribution in [2.45, 2.75) is 83.2 Å². The highest BCUT2D eigenvalue weighted by atomic mass is 17.0. The van der Waals surface area contributed by atoms with Crippen LogP contribution < -0.4 is 18.9 Å². The van der Waals surface area contributed by atoms with Crippen molar-refractivity contribution < 1.29 is 39.4 Å². The van der Waals surface area contributed by atoms with Crippen LogP contribution in [0.2, 0.25) is 0 Å². The second kappa shape index (κ2) is 21.9. The zero-order valence-electron chi connectivity index (χ0n) is 39.5. The molecule has 0 fully saturated rings. The van der Waals surface area contributed by atoms with Crippen LogP contribution in [0.5, 0.6) is 46.0 Å². The van der Waals surface area contributed by atoms with Crippen molar-refractivity contribution in [3.63, 3.8) is 0 Å². The first-order chi connectivity index (χ1) is 33.3. The lowest BCUT2D eigenvalue weighted by Gasteiger charge is -2.32. The molecular weight excluding hydrogens is 861 g/mol. The van der Waals surface area contributed by atoms with Crippen molar-refractivity contribution in [3.05, 3.63) is 239 Å². The van der Waals surface area contributed by atoms with E-state index < -0.39 is 6.16 Å². The molecule has 0 aliphatic rings. The van der Waals surface area contributed by atoms with Gasteiger partial charge >= 0.3 is 6.16 Å². The molecule has 4 atom stereocenters. The summed E-state index contributed by atoms with van der Waals surface area (Å²) >= 11 is 0. The van der Waals surface area contributed by atoms with Gasteiger partial charge in [0.25, 0.3) is 0 Å². The summed E-state index contributed by atoms with van der Waals surface area (Å²) in [6.07, 6.45) is 0.919. The maximum Gasteiger partial charge on any atom is 0.611 e. The summed E-state index contributed by atoms with van der Waals surface area (Å²) in [5, 5.41) is 39.3. The number of benzene rings is 8. The van der Waals surface area contributed by atoms with Crippen LogP contribution in [-0.4, -0.2) is 26.6 Å². The molecule has 8 aromatic carbocycles. The SMILES string of the molecule is CC(Cc1ccc(OC(Oc2ccc(CC(C)c3ccc(O)cc3)cc2)(Oc2ccc(CC(C)c3ccc(O)cc3)cc2)Oc2ccc(CC(C)c3ccc(O)cc3)cc2)cc1)c1ccc(O)cc1. The number of ether oxygens (including phenoxy) is 4. The number of hydrogen-bond donors (Lipinski definition) is 4. The van der Waals surface area contributed by atoms with E-state index in [1.165, 1.54) is 0 Å². The van der Waals surface area contributed by atoms with Crippen LogP contribution >= 0.6 is 0 Å². The van der Waals surface area contributed by atoms with E-state index in [0.717, 1.165) is 70.2 Å². The summed E-state index contributed by atoms with van der Waals surface area (Å²) in [5.74, 6) is 3.60. The largest absolute Gasteiger partial charge is 0.611 e. The first-order valence-corrected chi connectivity index (χ1v) is 23.6. The van der Waals surface area contributed by atoms with Gasteiger partial charge in [-0.25, -0.2) is 0 Å². The second-order valence-electron chi connectivity index (χ2n) is 18.3. The van der Waals surface area contributed by atoms with Gasteiger partial charge in [0.1, 0.15) is 46.0 Å². The molecular formula is C61H60O8. The van der Waals surface area contributed by atoms with Gasteiger partial charge in [-0.05, 0) is 191 Å². The Kier molecular flexibility index (Phi) is 15.1. The first-order valence-electron chi connectivity index (χ1n) is 23.6. The minimum absolute atomic E-state index is 0.206. The summed E-state index contributed by atoms with van der Waals surface area (Å²) in [4.78, 5) is 0. The topological polar surface area (TPSA) is 118 Å². The molecule has 8 heteroatoms. The molecule has 0 aliphatic carbocycles. The summed E-state index contributed by atoms with van der Waals surface area (Å²) in [5.41, 5.74) is 8.92. The molecule has 0 aromatic heterocycles. The van der Waals surface area contributed by atoms with Gasteiger partial charge in [-0.15, -0.1) is 0 Å². The molecule has 0 radical (unpaired) electrons. The zero-order chi connectivity index (χ0) is 48.3. The van der Waals surface area contributed by atoms with Crippen LogP contribution in [0.15, 0.2) is 194 Å². The standard InChI is InChI=1S/C61H60O8/c1-41(49-13-21-53(62)22-14-49)37-45-5-29-57(30-6-45)66-61(67-58-31-7-46(8-32-58)38-42(2)50-15-23-54(63)24-16-50,68-59-33-9-47(10-34-59)39-43(3)51-17-25-55(64)26-18-51)69-60-35-11-48(12-36-60)40-44(4)52-19-27-56(65)28-20-52/h5-36,41-44,62-65H,37-40H2,1-4H3. The van der Waals surface area contributed by atoms with Gasteiger partial charge in [-0.1, -0.05) is 125 Å². The fraction of sp³-hybridized carbons (Fsp3) is 0.213. The van der Waals surface area contributed by atoms with Crippen LogP contribution in [0, 0.1) is 0 Å². The third kappa shape index (κ3) is 13.2. The average molecular weight is 921 g/mol. The van der Waals surface area contributed by atoms with Crippen LogP contribution in [0.4, 0.5) is 0 Å². The van der Waals surface area contributed by atoms with E-state index in [2.05, 4.69) is 27.7 Å². The van der Waals surface area contributed by atoms with Crippen molar-refractivity contribution in [2.24, 2.45) is 0 Å². The molecule has 0 bridgehead atoms. The van der Waals surface area contributed by atoms with Crippen LogP contribution in [-0.2, 0) is 25.7 Å². The van der Waals surface area contributed by atoms with Crippen molar-refractivity contribution in [3.8, 4) is 46.0 Å². The number of phenolic OH excluding ortho intramolecular Hbond substituents is 4. The minimum Gasteiger partial charge on any atom is -0.508 e. The lowest BCUT2D eigenvalue weighted by atomic mass is 9.94. The molecule has 0 saturated carbocycles. The molecule has 8 nitrogen and oxygen atoms in total. The van der Waals surface area contributed by atoms with Gasteiger partial charge in [0.2, 0.25) is 0 Å². The predicted molar refractivity (Wildman–Crippen MR) is 272 cm³/mol. The smallest absolute Gasteiger partial charge is 0.508 e. The van der Waals surface area contributed by atoms with Gasteiger partial charge in [0.05, 0.1) is 0 Å². The Bertz CT molecular complexity index is 2420. The maximum atomic E-state index is 9.84. The summed E-state index contributed by atoms with van der Waals surface area (Å²) in [6.45, 7) is 8.65. The summed E-state index contributed by atoms with van der Waals surface area (Å²) in [6, 6.07) is 60.6. The molecule has 0 spiro atoms. The quantitative estimate of drug-likeness (QED) is 0.0559. The van der Waals surface area contributed by atoms with Gasteiger partial charge < -0.3 is 39.4 Å². The lowest BCUT2D eigenvalue weighted by Crippen LogP contribution is -2.53. The Morgan fingerprint density at radius 1 is 0.275 bits per heavy atom. The Morgan fingerprint density at radius 2 is 0.449 bits per heavy atom. The normalized spacial score (nSPS) is 13.9. The monoisotopic (exact) mass is 920 g/mol. The Hall–Kier alpha value is -7.84. The Morgan fingerprint density at radius 3 is 0.623 bits per heavy atom. The molecule has 0 heterocycles. The van der Waals surface area contributed by atoms with E-state index in [0.29, 0.717) is 23.0 Å². The third-order valence-corrected chi connectivity index (χ3v) is 12.7. The fourth-order valence-electron chi connectivity index (χ4n) is 8.57. The molecule has 0 saturated heterocycles. The Balaban J connectivity index is 1.10. The van der Waals surface area contributed by atoms with Crippen molar-refractivity contribution >= 4 is 0 Å². The molecule has 352 valence electrons.